The second-order valence-electron chi connectivity index (χ2n) is 4.34. The first-order valence-electron chi connectivity index (χ1n) is 6.40. The van der Waals surface area contributed by atoms with Crippen molar-refractivity contribution in [3.63, 3.8) is 0 Å². The van der Waals surface area contributed by atoms with Crippen molar-refractivity contribution >= 4 is 17.6 Å². The van der Waals surface area contributed by atoms with E-state index in [1.165, 1.54) is 0 Å². The zero-order valence-corrected chi connectivity index (χ0v) is 12.7. The molecule has 0 saturated heterocycles. The van der Waals surface area contributed by atoms with Gasteiger partial charge in [-0.2, -0.15) is 0 Å². The van der Waals surface area contributed by atoms with Crippen molar-refractivity contribution in [3.8, 4) is 5.75 Å². The summed E-state index contributed by atoms with van der Waals surface area (Å²) in [7, 11) is 3.40. The maximum absolute atomic E-state index is 5.94. The zero-order valence-electron chi connectivity index (χ0n) is 12.0. The predicted molar refractivity (Wildman–Crippen MR) is 81.1 cm³/mol. The van der Waals surface area contributed by atoms with E-state index in [4.69, 9.17) is 16.3 Å². The third-order valence-corrected chi connectivity index (χ3v) is 3.15. The molecule has 1 aromatic rings. The molecule has 0 aromatic heterocycles. The van der Waals surface area contributed by atoms with Crippen molar-refractivity contribution in [1.82, 2.24) is 10.6 Å². The standard InChI is InChI=1S/C14H22ClN3O/c1-5-10(2)18-14(16-3)17-9-11-6-7-12(15)8-13(11)19-4/h6-8,10H,5,9H2,1-4H3,(H2,16,17,18). The molecule has 106 valence electrons. The van der Waals surface area contributed by atoms with Crippen molar-refractivity contribution in [3.05, 3.63) is 28.8 Å². The van der Waals surface area contributed by atoms with Gasteiger partial charge in [0.15, 0.2) is 5.96 Å². The fourth-order valence-corrected chi connectivity index (χ4v) is 1.74. The molecule has 19 heavy (non-hydrogen) atoms. The predicted octanol–water partition coefficient (Wildman–Crippen LogP) is 2.81. The summed E-state index contributed by atoms with van der Waals surface area (Å²) < 4.78 is 5.31. The lowest BCUT2D eigenvalue weighted by molar-refractivity contribution is 0.409. The lowest BCUT2D eigenvalue weighted by atomic mass is 10.2. The van der Waals surface area contributed by atoms with Crippen LogP contribution in [0.1, 0.15) is 25.8 Å². The number of aliphatic imine (C=N–C) groups is 1. The molecule has 0 aliphatic carbocycles. The van der Waals surface area contributed by atoms with Crippen LogP contribution in [0.15, 0.2) is 23.2 Å². The second kappa shape index (κ2) is 7.89. The fraction of sp³-hybridized carbons (Fsp3) is 0.500. The smallest absolute Gasteiger partial charge is 0.191 e. The van der Waals surface area contributed by atoms with Crippen LogP contribution in [-0.2, 0) is 6.54 Å². The molecule has 1 unspecified atom stereocenters. The summed E-state index contributed by atoms with van der Waals surface area (Å²) in [6.07, 6.45) is 1.05. The third-order valence-electron chi connectivity index (χ3n) is 2.91. The Bertz CT molecular complexity index is 435. The summed E-state index contributed by atoms with van der Waals surface area (Å²) in [5.74, 6) is 1.56. The summed E-state index contributed by atoms with van der Waals surface area (Å²) in [6.45, 7) is 4.89. The second-order valence-corrected chi connectivity index (χ2v) is 4.77. The number of hydrogen-bond acceptors (Lipinski definition) is 2. The SMILES string of the molecule is CCC(C)NC(=NC)NCc1ccc(Cl)cc1OC. The van der Waals surface area contributed by atoms with Gasteiger partial charge in [0.2, 0.25) is 0 Å². The van der Waals surface area contributed by atoms with Crippen LogP contribution in [0.4, 0.5) is 0 Å². The number of halogens is 1. The van der Waals surface area contributed by atoms with Crippen molar-refractivity contribution in [2.45, 2.75) is 32.9 Å². The van der Waals surface area contributed by atoms with Gasteiger partial charge in [-0.1, -0.05) is 24.6 Å². The van der Waals surface area contributed by atoms with Gasteiger partial charge in [0.25, 0.3) is 0 Å². The fourth-order valence-electron chi connectivity index (χ4n) is 1.57. The quantitative estimate of drug-likeness (QED) is 0.645. The highest BCUT2D eigenvalue weighted by atomic mass is 35.5. The van der Waals surface area contributed by atoms with Crippen molar-refractivity contribution in [1.29, 1.82) is 0 Å². The summed E-state index contributed by atoms with van der Waals surface area (Å²) in [6, 6.07) is 6.00. The largest absolute Gasteiger partial charge is 0.496 e. The molecule has 1 atom stereocenters. The average molecular weight is 284 g/mol. The number of rotatable bonds is 5. The van der Waals surface area contributed by atoms with Gasteiger partial charge in [-0.3, -0.25) is 4.99 Å². The molecular weight excluding hydrogens is 262 g/mol. The van der Waals surface area contributed by atoms with E-state index < -0.39 is 0 Å². The summed E-state index contributed by atoms with van der Waals surface area (Å²) in [5, 5.41) is 7.24. The van der Waals surface area contributed by atoms with Gasteiger partial charge in [-0.25, -0.2) is 0 Å². The molecule has 0 fully saturated rings. The molecule has 0 aliphatic heterocycles. The lowest BCUT2D eigenvalue weighted by Crippen LogP contribution is -2.41. The van der Waals surface area contributed by atoms with Gasteiger partial charge in [-0.15, -0.1) is 0 Å². The Morgan fingerprint density at radius 1 is 1.47 bits per heavy atom. The average Bonchev–Trinajstić information content (AvgIpc) is 2.43. The van der Waals surface area contributed by atoms with E-state index >= 15 is 0 Å². The number of methoxy groups -OCH3 is 1. The summed E-state index contributed by atoms with van der Waals surface area (Å²) in [5.41, 5.74) is 1.04. The van der Waals surface area contributed by atoms with Gasteiger partial charge in [0, 0.05) is 30.2 Å². The number of hydrogen-bond donors (Lipinski definition) is 2. The Hall–Kier alpha value is -1.42. The monoisotopic (exact) mass is 283 g/mol. The van der Waals surface area contributed by atoms with E-state index in [1.807, 2.05) is 18.2 Å². The van der Waals surface area contributed by atoms with Crippen LogP contribution in [0.5, 0.6) is 5.75 Å². The van der Waals surface area contributed by atoms with Gasteiger partial charge in [-0.05, 0) is 25.5 Å². The Kier molecular flexibility index (Phi) is 6.50. The molecule has 2 N–H and O–H groups in total. The first-order chi connectivity index (χ1) is 9.10. The minimum absolute atomic E-state index is 0.387. The molecule has 0 spiro atoms. The highest BCUT2D eigenvalue weighted by molar-refractivity contribution is 6.30. The minimum Gasteiger partial charge on any atom is -0.496 e. The Balaban J connectivity index is 2.65. The van der Waals surface area contributed by atoms with E-state index in [-0.39, 0.29) is 0 Å². The van der Waals surface area contributed by atoms with Crippen LogP contribution in [0.25, 0.3) is 0 Å². The molecule has 5 heteroatoms. The molecule has 0 amide bonds. The third kappa shape index (κ3) is 4.99. The van der Waals surface area contributed by atoms with E-state index in [0.717, 1.165) is 23.7 Å². The van der Waals surface area contributed by atoms with E-state index in [0.29, 0.717) is 17.6 Å². The number of guanidine groups is 1. The first kappa shape index (κ1) is 15.6. The van der Waals surface area contributed by atoms with Crippen LogP contribution < -0.4 is 15.4 Å². The molecule has 0 saturated carbocycles. The number of nitrogens with zero attached hydrogens (tertiary/aromatic N) is 1. The van der Waals surface area contributed by atoms with Crippen LogP contribution in [0, 0.1) is 0 Å². The van der Waals surface area contributed by atoms with Crippen molar-refractivity contribution in [2.75, 3.05) is 14.2 Å². The van der Waals surface area contributed by atoms with Gasteiger partial charge in [0.05, 0.1) is 7.11 Å². The molecule has 4 nitrogen and oxygen atoms in total. The number of benzene rings is 1. The number of ether oxygens (including phenoxy) is 1. The molecule has 1 rings (SSSR count). The van der Waals surface area contributed by atoms with E-state index in [9.17, 15) is 0 Å². The van der Waals surface area contributed by atoms with Crippen molar-refractivity contribution < 1.29 is 4.74 Å². The maximum Gasteiger partial charge on any atom is 0.191 e. The molecule has 0 aliphatic rings. The highest BCUT2D eigenvalue weighted by Gasteiger charge is 2.06. The Morgan fingerprint density at radius 2 is 2.21 bits per heavy atom. The van der Waals surface area contributed by atoms with Gasteiger partial charge < -0.3 is 15.4 Å². The highest BCUT2D eigenvalue weighted by Crippen LogP contribution is 2.22. The molecular formula is C14H22ClN3O. The molecule has 0 radical (unpaired) electrons. The van der Waals surface area contributed by atoms with Crippen LogP contribution in [-0.4, -0.2) is 26.2 Å². The Labute approximate surface area is 120 Å². The number of nitrogens with one attached hydrogen (secondary N) is 2. The summed E-state index contributed by atoms with van der Waals surface area (Å²) in [4.78, 5) is 4.19. The van der Waals surface area contributed by atoms with Gasteiger partial charge in [0.1, 0.15) is 5.75 Å². The topological polar surface area (TPSA) is 45.7 Å². The maximum atomic E-state index is 5.94. The molecule has 0 heterocycles. The minimum atomic E-state index is 0.387. The van der Waals surface area contributed by atoms with E-state index in [1.54, 1.807) is 14.2 Å². The first-order valence-corrected chi connectivity index (χ1v) is 6.78. The Morgan fingerprint density at radius 3 is 2.79 bits per heavy atom. The van der Waals surface area contributed by atoms with E-state index in [2.05, 4.69) is 29.5 Å². The zero-order chi connectivity index (χ0) is 14.3. The lowest BCUT2D eigenvalue weighted by Gasteiger charge is -2.17. The normalized spacial score (nSPS) is 13.0. The molecule has 0 bridgehead atoms. The summed E-state index contributed by atoms with van der Waals surface area (Å²) >= 11 is 5.94. The van der Waals surface area contributed by atoms with Crippen LogP contribution in [0.3, 0.4) is 0 Å². The van der Waals surface area contributed by atoms with Crippen molar-refractivity contribution in [2.24, 2.45) is 4.99 Å². The van der Waals surface area contributed by atoms with Gasteiger partial charge >= 0.3 is 0 Å². The van der Waals surface area contributed by atoms with Crippen LogP contribution in [0.2, 0.25) is 5.02 Å². The van der Waals surface area contributed by atoms with Crippen LogP contribution >= 0.6 is 11.6 Å². The molecule has 1 aromatic carbocycles.